The van der Waals surface area contributed by atoms with E-state index in [1.807, 2.05) is 45.0 Å². The topological polar surface area (TPSA) is 209 Å². The summed E-state index contributed by atoms with van der Waals surface area (Å²) in [5.41, 5.74) is 12.5. The number of hydrogen-bond acceptors (Lipinski definition) is 6. The molecule has 9 N–H and O–H groups in total. The van der Waals surface area contributed by atoms with Gasteiger partial charge in [-0.3, -0.25) is 19.2 Å². The monoisotopic (exact) mass is 544 g/mol. The summed E-state index contributed by atoms with van der Waals surface area (Å²) in [5.74, 6) is -4.30. The molecule has 214 valence electrons. The first-order valence-electron chi connectivity index (χ1n) is 13.1. The van der Waals surface area contributed by atoms with Crippen molar-refractivity contribution in [2.75, 3.05) is 0 Å². The van der Waals surface area contributed by atoms with Crippen molar-refractivity contribution >= 4 is 40.5 Å². The lowest BCUT2D eigenvalue weighted by molar-refractivity contribution is -0.143. The number of benzene rings is 1. The van der Waals surface area contributed by atoms with Crippen LogP contribution in [0.2, 0.25) is 0 Å². The molecule has 0 fully saturated rings. The molecular weight excluding hydrogens is 504 g/mol. The summed E-state index contributed by atoms with van der Waals surface area (Å²) in [5, 5.41) is 18.3. The van der Waals surface area contributed by atoms with E-state index >= 15 is 0 Å². The van der Waals surface area contributed by atoms with E-state index in [4.69, 9.17) is 11.5 Å². The average molecular weight is 545 g/mol. The van der Waals surface area contributed by atoms with Crippen molar-refractivity contribution in [2.24, 2.45) is 23.3 Å². The number of nitrogens with one attached hydrogen (secondary N) is 4. The number of primary amides is 1. The number of carboxylic acid groups (broad SMARTS) is 1. The van der Waals surface area contributed by atoms with Crippen LogP contribution in [0.1, 0.15) is 52.5 Å². The molecule has 0 spiro atoms. The van der Waals surface area contributed by atoms with Gasteiger partial charge in [-0.25, -0.2) is 4.79 Å². The summed E-state index contributed by atoms with van der Waals surface area (Å²) in [6.07, 6.45) is 2.12. The molecule has 1 aromatic carbocycles. The van der Waals surface area contributed by atoms with Gasteiger partial charge in [-0.1, -0.05) is 52.3 Å². The van der Waals surface area contributed by atoms with Gasteiger partial charge in [-0.2, -0.15) is 0 Å². The lowest BCUT2D eigenvalue weighted by atomic mass is 9.96. The third-order valence-electron chi connectivity index (χ3n) is 6.60. The number of fused-ring (bicyclic) bond motifs is 1. The highest BCUT2D eigenvalue weighted by Gasteiger charge is 2.33. The fourth-order valence-electron chi connectivity index (χ4n) is 4.23. The molecule has 0 saturated heterocycles. The first kappa shape index (κ1) is 31.3. The minimum absolute atomic E-state index is 0.0171. The molecule has 39 heavy (non-hydrogen) atoms. The second-order valence-corrected chi connectivity index (χ2v) is 10.3. The third kappa shape index (κ3) is 9.10. The fourth-order valence-corrected chi connectivity index (χ4v) is 4.23. The highest BCUT2D eigenvalue weighted by Crippen LogP contribution is 2.20. The zero-order chi connectivity index (χ0) is 29.3. The SMILES string of the molecule is CCC(C)C(NC(=O)C(Cc1c[nH]c2ccccc12)NC(=O)C(N)CC(N)=O)C(=O)NC(CC(C)C)C(=O)O. The van der Waals surface area contributed by atoms with Gasteiger partial charge in [0.2, 0.25) is 23.6 Å². The predicted molar refractivity (Wildman–Crippen MR) is 146 cm³/mol. The Kier molecular flexibility index (Phi) is 11.5. The Morgan fingerprint density at radius 3 is 2.18 bits per heavy atom. The molecule has 2 aromatic rings. The Morgan fingerprint density at radius 2 is 1.59 bits per heavy atom. The molecule has 0 radical (unpaired) electrons. The Morgan fingerprint density at radius 1 is 0.949 bits per heavy atom. The van der Waals surface area contributed by atoms with Crippen LogP contribution in [-0.4, -0.2) is 63.9 Å². The third-order valence-corrected chi connectivity index (χ3v) is 6.60. The highest BCUT2D eigenvalue weighted by atomic mass is 16.4. The number of aliphatic carboxylic acids is 1. The van der Waals surface area contributed by atoms with E-state index in [-0.39, 0.29) is 24.7 Å². The Balaban J connectivity index is 2.32. The summed E-state index contributed by atoms with van der Waals surface area (Å²) < 4.78 is 0. The van der Waals surface area contributed by atoms with Crippen LogP contribution in [0.25, 0.3) is 10.9 Å². The van der Waals surface area contributed by atoms with Gasteiger partial charge in [0.25, 0.3) is 0 Å². The number of amides is 4. The fraction of sp³-hybridized carbons (Fsp3) is 0.519. The van der Waals surface area contributed by atoms with Crippen molar-refractivity contribution in [1.29, 1.82) is 0 Å². The Hall–Kier alpha value is -3.93. The molecule has 2 rings (SSSR count). The maximum atomic E-state index is 13.6. The van der Waals surface area contributed by atoms with Crippen molar-refractivity contribution in [3.63, 3.8) is 0 Å². The quantitative estimate of drug-likeness (QED) is 0.169. The van der Waals surface area contributed by atoms with Crippen LogP contribution in [0.4, 0.5) is 0 Å². The zero-order valence-electron chi connectivity index (χ0n) is 22.8. The van der Waals surface area contributed by atoms with Gasteiger partial charge < -0.3 is 37.5 Å². The molecule has 12 nitrogen and oxygen atoms in total. The summed E-state index contributed by atoms with van der Waals surface area (Å²) in [6, 6.07) is 2.85. The lowest BCUT2D eigenvalue weighted by Gasteiger charge is -2.28. The highest BCUT2D eigenvalue weighted by molar-refractivity contribution is 5.95. The summed E-state index contributed by atoms with van der Waals surface area (Å²) in [6.45, 7) is 7.29. The summed E-state index contributed by atoms with van der Waals surface area (Å²) >= 11 is 0. The normalized spacial score (nSPS) is 15.1. The van der Waals surface area contributed by atoms with Crippen LogP contribution in [0, 0.1) is 11.8 Å². The molecule has 5 unspecified atom stereocenters. The minimum atomic E-state index is -1.26. The smallest absolute Gasteiger partial charge is 0.326 e. The molecule has 12 heteroatoms. The number of carbonyl (C=O) groups is 5. The molecule has 1 heterocycles. The minimum Gasteiger partial charge on any atom is -0.480 e. The number of carbonyl (C=O) groups excluding carboxylic acids is 4. The standard InChI is InChI=1S/C27H40N6O6/c1-5-15(4)23(26(37)32-21(27(38)39)10-14(2)3)33-25(36)20(31-24(35)18(28)12-22(29)34)11-16-13-30-19-9-7-6-8-17(16)19/h6-9,13-15,18,20-21,23,30H,5,10-12,28H2,1-4H3,(H2,29,34)(H,31,35)(H,32,37)(H,33,36)(H,38,39). The zero-order valence-corrected chi connectivity index (χ0v) is 22.8. The molecule has 0 aliphatic rings. The van der Waals surface area contributed by atoms with Crippen LogP contribution in [-0.2, 0) is 30.4 Å². The first-order chi connectivity index (χ1) is 18.3. The van der Waals surface area contributed by atoms with E-state index in [2.05, 4.69) is 20.9 Å². The number of H-pyrrole nitrogens is 1. The summed E-state index contributed by atoms with van der Waals surface area (Å²) in [7, 11) is 0. The van der Waals surface area contributed by atoms with Gasteiger partial charge in [0.1, 0.15) is 18.1 Å². The van der Waals surface area contributed by atoms with Crippen molar-refractivity contribution in [1.82, 2.24) is 20.9 Å². The maximum absolute atomic E-state index is 13.6. The largest absolute Gasteiger partial charge is 0.480 e. The van der Waals surface area contributed by atoms with E-state index in [0.717, 1.165) is 16.5 Å². The van der Waals surface area contributed by atoms with E-state index in [0.29, 0.717) is 6.42 Å². The molecule has 0 saturated carbocycles. The van der Waals surface area contributed by atoms with Crippen LogP contribution in [0.5, 0.6) is 0 Å². The van der Waals surface area contributed by atoms with Gasteiger partial charge in [0.15, 0.2) is 0 Å². The molecule has 5 atom stereocenters. The van der Waals surface area contributed by atoms with Crippen molar-refractivity contribution in [3.05, 3.63) is 36.0 Å². The number of rotatable bonds is 15. The van der Waals surface area contributed by atoms with Crippen LogP contribution >= 0.6 is 0 Å². The second kappa shape index (κ2) is 14.3. The number of nitrogens with two attached hydrogens (primary N) is 2. The van der Waals surface area contributed by atoms with E-state index in [1.165, 1.54) is 0 Å². The van der Waals surface area contributed by atoms with Gasteiger partial charge in [-0.15, -0.1) is 0 Å². The molecule has 1 aromatic heterocycles. The average Bonchev–Trinajstić information content (AvgIpc) is 3.27. The van der Waals surface area contributed by atoms with Crippen molar-refractivity contribution in [2.45, 2.75) is 77.5 Å². The maximum Gasteiger partial charge on any atom is 0.326 e. The molecule has 0 aliphatic heterocycles. The lowest BCUT2D eigenvalue weighted by Crippen LogP contribution is -2.59. The number of hydrogen-bond donors (Lipinski definition) is 7. The van der Waals surface area contributed by atoms with Crippen molar-refractivity contribution < 1.29 is 29.1 Å². The van der Waals surface area contributed by atoms with E-state index in [1.54, 1.807) is 13.1 Å². The molecule has 0 bridgehead atoms. The van der Waals surface area contributed by atoms with Crippen LogP contribution in [0.3, 0.4) is 0 Å². The van der Waals surface area contributed by atoms with Gasteiger partial charge in [0.05, 0.1) is 12.5 Å². The molecule has 0 aliphatic carbocycles. The number of aromatic nitrogens is 1. The van der Waals surface area contributed by atoms with Gasteiger partial charge in [-0.05, 0) is 29.9 Å². The van der Waals surface area contributed by atoms with Gasteiger partial charge in [0, 0.05) is 23.5 Å². The van der Waals surface area contributed by atoms with Gasteiger partial charge >= 0.3 is 5.97 Å². The Labute approximate surface area is 227 Å². The second-order valence-electron chi connectivity index (χ2n) is 10.3. The number of carboxylic acids is 1. The van der Waals surface area contributed by atoms with Crippen LogP contribution in [0.15, 0.2) is 30.5 Å². The van der Waals surface area contributed by atoms with Crippen molar-refractivity contribution in [3.8, 4) is 0 Å². The Bertz CT molecular complexity index is 1180. The number of para-hydroxylation sites is 1. The molecular formula is C27H40N6O6. The van der Waals surface area contributed by atoms with E-state index in [9.17, 15) is 29.1 Å². The number of aromatic amines is 1. The first-order valence-corrected chi connectivity index (χ1v) is 13.1. The van der Waals surface area contributed by atoms with E-state index < -0.39 is 60.2 Å². The predicted octanol–water partition coefficient (Wildman–Crippen LogP) is 0.544. The molecule has 4 amide bonds. The van der Waals surface area contributed by atoms with Crippen LogP contribution < -0.4 is 27.4 Å². The summed E-state index contributed by atoms with van der Waals surface area (Å²) in [4.78, 5) is 65.6.